The summed E-state index contributed by atoms with van der Waals surface area (Å²) in [5.41, 5.74) is 8.52. The second kappa shape index (κ2) is 5.49. The van der Waals surface area contributed by atoms with Crippen LogP contribution in [0, 0.1) is 0 Å². The van der Waals surface area contributed by atoms with Crippen LogP contribution in [-0.2, 0) is 16.3 Å². The first-order valence-corrected chi connectivity index (χ1v) is 9.85. The summed E-state index contributed by atoms with van der Waals surface area (Å²) in [7, 11) is -3.58. The second-order valence-corrected chi connectivity index (χ2v) is 8.21. The molecule has 128 valence electrons. The number of sulfone groups is 1. The van der Waals surface area contributed by atoms with E-state index in [9.17, 15) is 8.42 Å². The van der Waals surface area contributed by atoms with Gasteiger partial charge in [-0.25, -0.2) is 13.4 Å². The molecule has 3 aromatic heterocycles. The fraction of sp³-hybridized carbons (Fsp3) is 0.143. The van der Waals surface area contributed by atoms with Crippen molar-refractivity contribution in [2.45, 2.75) is 11.6 Å². The monoisotopic (exact) mass is 421 g/mol. The van der Waals surface area contributed by atoms with Gasteiger partial charge in [-0.1, -0.05) is 12.1 Å². The molecule has 0 fully saturated rings. The molecule has 0 spiro atoms. The number of H-pyrrole nitrogens is 1. The van der Waals surface area contributed by atoms with E-state index in [0.717, 1.165) is 23.1 Å². The van der Waals surface area contributed by atoms with E-state index in [1.807, 2.05) is 24.3 Å². The molecule has 4 aromatic rings. The lowest BCUT2D eigenvalue weighted by molar-refractivity contribution is 0.592. The van der Waals surface area contributed by atoms with Crippen molar-refractivity contribution in [1.82, 2.24) is 29.5 Å². The highest BCUT2D eigenvalue weighted by atomic mass is 79.9. The van der Waals surface area contributed by atoms with Gasteiger partial charge in [0.05, 0.1) is 27.6 Å². The molecule has 0 aliphatic rings. The summed E-state index contributed by atoms with van der Waals surface area (Å²) in [4.78, 5) is 15.6. The van der Waals surface area contributed by atoms with Crippen LogP contribution in [0.25, 0.3) is 16.7 Å². The van der Waals surface area contributed by atoms with Gasteiger partial charge in [0, 0.05) is 6.26 Å². The van der Waals surface area contributed by atoms with Crippen LogP contribution in [0.3, 0.4) is 0 Å². The number of nitrogens with one attached hydrogen (secondary N) is 1. The molecular weight excluding hydrogens is 410 g/mol. The Morgan fingerprint density at radius 1 is 1.24 bits per heavy atom. The minimum Gasteiger partial charge on any atom is -0.368 e. The van der Waals surface area contributed by atoms with E-state index in [0.29, 0.717) is 22.2 Å². The van der Waals surface area contributed by atoms with Crippen molar-refractivity contribution in [3.8, 4) is 0 Å². The maximum atomic E-state index is 11.7. The number of nitrogens with two attached hydrogens (primary N) is 1. The predicted octanol–water partition coefficient (Wildman–Crippen LogP) is 1.34. The number of para-hydroxylation sites is 2. The zero-order chi connectivity index (χ0) is 17.8. The average molecular weight is 422 g/mol. The second-order valence-electron chi connectivity index (χ2n) is 5.51. The van der Waals surface area contributed by atoms with Gasteiger partial charge < -0.3 is 10.7 Å². The predicted molar refractivity (Wildman–Crippen MR) is 94.9 cm³/mol. The molecule has 0 aliphatic heterocycles. The van der Waals surface area contributed by atoms with Crippen molar-refractivity contribution in [3.63, 3.8) is 0 Å². The van der Waals surface area contributed by atoms with Gasteiger partial charge in [-0.2, -0.15) is 19.6 Å². The summed E-state index contributed by atoms with van der Waals surface area (Å²) in [5.74, 6) is 0.669. The van der Waals surface area contributed by atoms with Crippen molar-refractivity contribution in [3.05, 3.63) is 40.3 Å². The van der Waals surface area contributed by atoms with Crippen LogP contribution >= 0.6 is 15.9 Å². The third-order valence-corrected chi connectivity index (χ3v) is 5.26. The van der Waals surface area contributed by atoms with E-state index >= 15 is 0 Å². The van der Waals surface area contributed by atoms with Gasteiger partial charge in [-0.3, -0.25) is 0 Å². The molecule has 1 aromatic carbocycles. The number of imidazole rings is 1. The van der Waals surface area contributed by atoms with E-state index < -0.39 is 9.84 Å². The minimum atomic E-state index is -3.58. The molecule has 0 saturated carbocycles. The first-order chi connectivity index (χ1) is 11.8. The lowest BCUT2D eigenvalue weighted by Crippen LogP contribution is -2.11. The Hall–Kier alpha value is -2.53. The Balaban J connectivity index is 1.82. The minimum absolute atomic E-state index is 0.0537. The van der Waals surface area contributed by atoms with Gasteiger partial charge in [0.15, 0.2) is 5.65 Å². The number of rotatable bonds is 3. The van der Waals surface area contributed by atoms with Gasteiger partial charge in [0.25, 0.3) is 5.16 Å². The Labute approximate surface area is 150 Å². The van der Waals surface area contributed by atoms with Crippen LogP contribution in [0.2, 0.25) is 0 Å². The van der Waals surface area contributed by atoms with Gasteiger partial charge in [0.2, 0.25) is 15.8 Å². The quantitative estimate of drug-likeness (QED) is 0.509. The number of aromatic amines is 1. The summed E-state index contributed by atoms with van der Waals surface area (Å²) >= 11 is 3.42. The molecule has 0 unspecified atom stereocenters. The molecule has 3 heterocycles. The Bertz CT molecular complexity index is 1200. The molecule has 4 rings (SSSR count). The number of anilines is 1. The normalized spacial score (nSPS) is 12.2. The Kier molecular flexibility index (Phi) is 3.51. The number of hydrogen-bond acceptors (Lipinski definition) is 7. The van der Waals surface area contributed by atoms with Crippen molar-refractivity contribution in [1.29, 1.82) is 0 Å². The van der Waals surface area contributed by atoms with Crippen LogP contribution < -0.4 is 5.73 Å². The molecule has 9 nitrogen and oxygen atoms in total. The molecule has 0 atom stereocenters. The number of fused-ring (bicyclic) bond motifs is 2. The van der Waals surface area contributed by atoms with Crippen LogP contribution in [0.15, 0.2) is 33.9 Å². The lowest BCUT2D eigenvalue weighted by atomic mass is 10.3. The van der Waals surface area contributed by atoms with Crippen LogP contribution in [0.5, 0.6) is 0 Å². The number of benzene rings is 1. The first kappa shape index (κ1) is 16.0. The lowest BCUT2D eigenvalue weighted by Gasteiger charge is -2.00. The molecule has 0 saturated heterocycles. The fourth-order valence-electron chi connectivity index (χ4n) is 2.48. The van der Waals surface area contributed by atoms with Crippen LogP contribution in [0.4, 0.5) is 5.95 Å². The summed E-state index contributed by atoms with van der Waals surface area (Å²) in [6.07, 6.45) is 1.42. The Morgan fingerprint density at radius 2 is 2.00 bits per heavy atom. The molecule has 3 N–H and O–H groups in total. The van der Waals surface area contributed by atoms with Gasteiger partial charge in [-0.05, 0) is 28.1 Å². The number of aromatic nitrogens is 6. The number of nitrogens with zero attached hydrogens (tertiary/aromatic N) is 5. The largest absolute Gasteiger partial charge is 0.368 e. The average Bonchev–Trinajstić information content (AvgIpc) is 3.09. The SMILES string of the molecule is CS(=O)(=O)c1nc(N)n2nc(Cc3nc4ccccc4[nH]3)c(Br)c2n1. The molecule has 25 heavy (non-hydrogen) atoms. The van der Waals surface area contributed by atoms with Gasteiger partial charge in [-0.15, -0.1) is 0 Å². The van der Waals surface area contributed by atoms with Crippen molar-refractivity contribution in [2.75, 3.05) is 12.0 Å². The van der Waals surface area contributed by atoms with E-state index in [-0.39, 0.29) is 11.1 Å². The first-order valence-electron chi connectivity index (χ1n) is 7.17. The molecule has 0 amide bonds. The summed E-state index contributed by atoms with van der Waals surface area (Å²) in [6.45, 7) is 0. The van der Waals surface area contributed by atoms with Gasteiger partial charge in [0.1, 0.15) is 5.82 Å². The summed E-state index contributed by atoms with van der Waals surface area (Å²) in [6, 6.07) is 7.69. The van der Waals surface area contributed by atoms with E-state index in [2.05, 4.69) is 41.0 Å². The van der Waals surface area contributed by atoms with E-state index in [1.165, 1.54) is 4.52 Å². The third kappa shape index (κ3) is 2.74. The highest BCUT2D eigenvalue weighted by Crippen LogP contribution is 2.25. The third-order valence-electron chi connectivity index (χ3n) is 3.60. The fourth-order valence-corrected chi connectivity index (χ4v) is 3.47. The number of halogens is 1. The van der Waals surface area contributed by atoms with Crippen LogP contribution in [0.1, 0.15) is 11.5 Å². The smallest absolute Gasteiger partial charge is 0.252 e. The highest BCUT2D eigenvalue weighted by molar-refractivity contribution is 9.10. The number of hydrogen-bond donors (Lipinski definition) is 2. The van der Waals surface area contributed by atoms with Crippen molar-refractivity contribution in [2.24, 2.45) is 0 Å². The van der Waals surface area contributed by atoms with Crippen molar-refractivity contribution < 1.29 is 8.42 Å². The molecule has 11 heteroatoms. The molecule has 0 aliphatic carbocycles. The van der Waals surface area contributed by atoms with Crippen LogP contribution in [-0.4, -0.2) is 44.2 Å². The maximum absolute atomic E-state index is 11.7. The van der Waals surface area contributed by atoms with Gasteiger partial charge >= 0.3 is 0 Å². The molecular formula is C14H12BrN7O2S. The standard InChI is InChI=1S/C14H12BrN7O2S/c1-25(23,24)14-19-12-11(15)9(21-22(12)13(16)20-14)6-10-17-7-4-2-3-5-8(7)18-10/h2-5H,6H2,1H3,(H,17,18)(H2,16,19,20). The topological polar surface area (TPSA) is 132 Å². The summed E-state index contributed by atoms with van der Waals surface area (Å²) in [5, 5.41) is 4.03. The zero-order valence-corrected chi connectivity index (χ0v) is 15.3. The van der Waals surface area contributed by atoms with E-state index in [4.69, 9.17) is 5.73 Å². The Morgan fingerprint density at radius 3 is 2.72 bits per heavy atom. The highest BCUT2D eigenvalue weighted by Gasteiger charge is 2.20. The number of nitrogen functional groups attached to an aromatic ring is 1. The molecule has 0 radical (unpaired) electrons. The van der Waals surface area contributed by atoms with Crippen molar-refractivity contribution >= 4 is 48.4 Å². The molecule has 0 bridgehead atoms. The van der Waals surface area contributed by atoms with E-state index in [1.54, 1.807) is 0 Å². The summed E-state index contributed by atoms with van der Waals surface area (Å²) < 4.78 is 25.2. The maximum Gasteiger partial charge on any atom is 0.252 e. The zero-order valence-electron chi connectivity index (χ0n) is 12.9.